The second kappa shape index (κ2) is 6.11. The van der Waals surface area contributed by atoms with Crippen LogP contribution in [0.3, 0.4) is 0 Å². The summed E-state index contributed by atoms with van der Waals surface area (Å²) >= 11 is 0. The summed E-state index contributed by atoms with van der Waals surface area (Å²) in [5.74, 6) is 0.0239. The maximum Gasteiger partial charge on any atom is 0.387 e. The molecule has 1 N–H and O–H groups in total. The molecule has 0 saturated carbocycles. The molecule has 0 aliphatic carbocycles. The summed E-state index contributed by atoms with van der Waals surface area (Å²) < 4.78 is 29.6. The Hall–Kier alpha value is -2.63. The first-order valence-electron chi connectivity index (χ1n) is 7.57. The van der Waals surface area contributed by atoms with Crippen LogP contribution in [-0.2, 0) is 0 Å². The molecule has 0 fully saturated rings. The normalized spacial score (nSPS) is 16.8. The average molecular weight is 332 g/mol. The maximum absolute atomic E-state index is 12.5. The molecule has 126 valence electrons. The number of nitrogens with one attached hydrogen (secondary N) is 1. The number of benzene rings is 2. The van der Waals surface area contributed by atoms with E-state index in [1.165, 1.54) is 0 Å². The lowest BCUT2D eigenvalue weighted by molar-refractivity contribution is -0.0507. The Morgan fingerprint density at radius 3 is 2.42 bits per heavy atom. The Morgan fingerprint density at radius 1 is 1.17 bits per heavy atom. The minimum atomic E-state index is -2.86. The van der Waals surface area contributed by atoms with Gasteiger partial charge in [0.2, 0.25) is 0 Å². The van der Waals surface area contributed by atoms with E-state index in [0.717, 1.165) is 11.3 Å². The summed E-state index contributed by atoms with van der Waals surface area (Å²) in [7, 11) is 1.89. The van der Waals surface area contributed by atoms with Crippen molar-refractivity contribution in [2.45, 2.75) is 26.6 Å². The molecule has 1 unspecified atom stereocenters. The molecule has 0 aromatic heterocycles. The number of amides is 1. The van der Waals surface area contributed by atoms with Crippen molar-refractivity contribution >= 4 is 11.6 Å². The summed E-state index contributed by atoms with van der Waals surface area (Å²) in [5, 5.41) is 2.95. The van der Waals surface area contributed by atoms with Gasteiger partial charge in [0.25, 0.3) is 5.91 Å². The van der Waals surface area contributed by atoms with Crippen LogP contribution in [0.5, 0.6) is 5.75 Å². The van der Waals surface area contributed by atoms with Crippen molar-refractivity contribution in [3.8, 4) is 5.75 Å². The standard InChI is InChI=1S/C18H18F2N2O2/c1-10-8-12(9-11(2)15(10)24-18(19)20)16-21-17(23)13-6-4-5-7-14(13)22(16)3/h4-9,16,18H,1-3H3,(H,21,23). The quantitative estimate of drug-likeness (QED) is 0.930. The van der Waals surface area contributed by atoms with Crippen LogP contribution in [0.2, 0.25) is 0 Å². The molecule has 6 heteroatoms. The number of rotatable bonds is 3. The number of carbonyl (C=O) groups excluding carboxylic acids is 1. The number of alkyl halides is 2. The Bertz CT molecular complexity index is 769. The molecule has 1 aliphatic rings. The van der Waals surface area contributed by atoms with Crippen molar-refractivity contribution in [3.05, 3.63) is 58.7 Å². The monoisotopic (exact) mass is 332 g/mol. The van der Waals surface area contributed by atoms with Crippen LogP contribution < -0.4 is 15.0 Å². The SMILES string of the molecule is Cc1cc(C2NC(=O)c3ccccc3N2C)cc(C)c1OC(F)F. The molecule has 4 nitrogen and oxygen atoms in total. The third-order valence-electron chi connectivity index (χ3n) is 4.19. The molecule has 1 aliphatic heterocycles. The highest BCUT2D eigenvalue weighted by molar-refractivity contribution is 6.02. The van der Waals surface area contributed by atoms with Crippen molar-refractivity contribution in [1.82, 2.24) is 5.32 Å². The van der Waals surface area contributed by atoms with Gasteiger partial charge in [0.15, 0.2) is 0 Å². The van der Waals surface area contributed by atoms with Gasteiger partial charge in [0, 0.05) is 7.05 Å². The first kappa shape index (κ1) is 16.2. The Kier molecular flexibility index (Phi) is 4.13. The number of carbonyl (C=O) groups is 1. The fraction of sp³-hybridized carbons (Fsp3) is 0.278. The molecule has 1 atom stereocenters. The fourth-order valence-corrected chi connectivity index (χ4v) is 3.13. The number of nitrogens with zero attached hydrogens (tertiary/aromatic N) is 1. The molecular formula is C18H18F2N2O2. The molecule has 2 aromatic rings. The van der Waals surface area contributed by atoms with Gasteiger partial charge in [-0.3, -0.25) is 4.79 Å². The van der Waals surface area contributed by atoms with Gasteiger partial charge in [0.1, 0.15) is 11.9 Å². The van der Waals surface area contributed by atoms with Crippen LogP contribution in [0, 0.1) is 13.8 Å². The van der Waals surface area contributed by atoms with E-state index in [1.807, 2.05) is 30.1 Å². The van der Waals surface area contributed by atoms with E-state index in [9.17, 15) is 13.6 Å². The lowest BCUT2D eigenvalue weighted by atomic mass is 10.00. The number of fused-ring (bicyclic) bond motifs is 1. The second-order valence-corrected chi connectivity index (χ2v) is 5.87. The largest absolute Gasteiger partial charge is 0.434 e. The molecule has 3 rings (SSSR count). The van der Waals surface area contributed by atoms with Crippen LogP contribution in [0.25, 0.3) is 0 Å². The lowest BCUT2D eigenvalue weighted by Gasteiger charge is -2.36. The van der Waals surface area contributed by atoms with E-state index >= 15 is 0 Å². The molecule has 0 bridgehead atoms. The molecule has 1 amide bonds. The highest BCUT2D eigenvalue weighted by Gasteiger charge is 2.29. The molecule has 2 aromatic carbocycles. The van der Waals surface area contributed by atoms with Crippen molar-refractivity contribution in [2.24, 2.45) is 0 Å². The summed E-state index contributed by atoms with van der Waals surface area (Å²) in [4.78, 5) is 14.3. The number of para-hydroxylation sites is 1. The third kappa shape index (κ3) is 2.79. The minimum absolute atomic E-state index is 0.156. The maximum atomic E-state index is 12.5. The van der Waals surface area contributed by atoms with Crippen LogP contribution in [0.4, 0.5) is 14.5 Å². The Balaban J connectivity index is 2.00. The van der Waals surface area contributed by atoms with E-state index in [2.05, 4.69) is 10.1 Å². The topological polar surface area (TPSA) is 41.6 Å². The number of hydrogen-bond acceptors (Lipinski definition) is 3. The highest BCUT2D eigenvalue weighted by atomic mass is 19.3. The average Bonchev–Trinajstić information content (AvgIpc) is 2.54. The second-order valence-electron chi connectivity index (χ2n) is 5.87. The molecule has 0 saturated heterocycles. The zero-order valence-electron chi connectivity index (χ0n) is 13.6. The number of hydrogen-bond donors (Lipinski definition) is 1. The van der Waals surface area contributed by atoms with Crippen molar-refractivity contribution in [1.29, 1.82) is 0 Å². The molecule has 24 heavy (non-hydrogen) atoms. The first-order valence-corrected chi connectivity index (χ1v) is 7.57. The van der Waals surface area contributed by atoms with E-state index in [0.29, 0.717) is 16.7 Å². The molecular weight excluding hydrogens is 314 g/mol. The Labute approximate surface area is 139 Å². The van der Waals surface area contributed by atoms with Gasteiger partial charge in [-0.25, -0.2) is 0 Å². The van der Waals surface area contributed by atoms with Gasteiger partial charge >= 0.3 is 6.61 Å². The molecule has 0 radical (unpaired) electrons. The van der Waals surface area contributed by atoms with E-state index < -0.39 is 6.61 Å². The van der Waals surface area contributed by atoms with Gasteiger partial charge < -0.3 is 15.0 Å². The van der Waals surface area contributed by atoms with E-state index in [1.54, 1.807) is 32.0 Å². The van der Waals surface area contributed by atoms with Gasteiger partial charge in [0.05, 0.1) is 11.3 Å². The lowest BCUT2D eigenvalue weighted by Crippen LogP contribution is -2.44. The van der Waals surface area contributed by atoms with E-state index in [-0.39, 0.29) is 17.8 Å². The van der Waals surface area contributed by atoms with Crippen LogP contribution in [-0.4, -0.2) is 19.6 Å². The fourth-order valence-electron chi connectivity index (χ4n) is 3.13. The van der Waals surface area contributed by atoms with Gasteiger partial charge in [-0.05, 0) is 54.8 Å². The number of aryl methyl sites for hydroxylation is 2. The number of anilines is 1. The zero-order valence-corrected chi connectivity index (χ0v) is 13.6. The Morgan fingerprint density at radius 2 is 1.79 bits per heavy atom. The summed E-state index contributed by atoms with van der Waals surface area (Å²) in [6.45, 7) is 0.566. The number of ether oxygens (including phenoxy) is 1. The molecule has 0 spiro atoms. The van der Waals surface area contributed by atoms with Crippen molar-refractivity contribution in [3.63, 3.8) is 0 Å². The zero-order chi connectivity index (χ0) is 17.4. The third-order valence-corrected chi connectivity index (χ3v) is 4.19. The summed E-state index contributed by atoms with van der Waals surface area (Å²) in [6, 6.07) is 10.9. The predicted octanol–water partition coefficient (Wildman–Crippen LogP) is 3.78. The molecule has 1 heterocycles. The summed E-state index contributed by atoms with van der Waals surface area (Å²) in [5.41, 5.74) is 3.47. The van der Waals surface area contributed by atoms with Crippen molar-refractivity contribution < 1.29 is 18.3 Å². The van der Waals surface area contributed by atoms with Crippen LogP contribution in [0.15, 0.2) is 36.4 Å². The number of halogens is 2. The van der Waals surface area contributed by atoms with Gasteiger partial charge in [-0.15, -0.1) is 0 Å². The van der Waals surface area contributed by atoms with E-state index in [4.69, 9.17) is 0 Å². The smallest absolute Gasteiger partial charge is 0.387 e. The van der Waals surface area contributed by atoms with Gasteiger partial charge in [-0.1, -0.05) is 12.1 Å². The summed E-state index contributed by atoms with van der Waals surface area (Å²) in [6.07, 6.45) is -0.370. The van der Waals surface area contributed by atoms with Crippen molar-refractivity contribution in [2.75, 3.05) is 11.9 Å². The minimum Gasteiger partial charge on any atom is -0.434 e. The highest BCUT2D eigenvalue weighted by Crippen LogP contribution is 2.34. The first-order chi connectivity index (χ1) is 11.4. The van der Waals surface area contributed by atoms with Gasteiger partial charge in [-0.2, -0.15) is 8.78 Å². The van der Waals surface area contributed by atoms with Crippen LogP contribution >= 0.6 is 0 Å². The van der Waals surface area contributed by atoms with Crippen LogP contribution in [0.1, 0.15) is 33.2 Å². The predicted molar refractivity (Wildman–Crippen MR) is 87.6 cm³/mol.